The van der Waals surface area contributed by atoms with Crippen molar-refractivity contribution in [2.45, 2.75) is 64.1 Å². The highest BCUT2D eigenvalue weighted by Gasteiger charge is 2.35. The van der Waals surface area contributed by atoms with Gasteiger partial charge in [0, 0.05) is 24.0 Å². The van der Waals surface area contributed by atoms with Crippen molar-refractivity contribution in [2.24, 2.45) is 0 Å². The van der Waals surface area contributed by atoms with E-state index >= 15 is 0 Å². The third-order valence-corrected chi connectivity index (χ3v) is 9.86. The number of halogens is 1. The molecule has 10 heteroatoms. The fraction of sp³-hybridized carbons (Fsp3) is 0.297. The molecule has 0 fully saturated rings. The van der Waals surface area contributed by atoms with Gasteiger partial charge in [0.1, 0.15) is 18.3 Å². The van der Waals surface area contributed by atoms with Crippen molar-refractivity contribution >= 4 is 39.1 Å². The van der Waals surface area contributed by atoms with E-state index in [1.54, 1.807) is 24.3 Å². The Balaban J connectivity index is 1.81. The van der Waals surface area contributed by atoms with Crippen LogP contribution in [0.1, 0.15) is 43.9 Å². The second-order valence-corrected chi connectivity index (χ2v) is 13.7. The van der Waals surface area contributed by atoms with Crippen LogP contribution in [0, 0.1) is 6.92 Å². The Kier molecular flexibility index (Phi) is 12.4. The molecular weight excluding hydrogens is 634 g/mol. The average Bonchev–Trinajstić information content (AvgIpc) is 3.06. The predicted molar refractivity (Wildman–Crippen MR) is 187 cm³/mol. The summed E-state index contributed by atoms with van der Waals surface area (Å²) in [7, 11) is -4.25. The molecule has 0 aromatic heterocycles. The van der Waals surface area contributed by atoms with Crippen molar-refractivity contribution in [2.75, 3.05) is 17.5 Å². The summed E-state index contributed by atoms with van der Waals surface area (Å²) in [6.07, 6.45) is 0.953. The molecule has 0 bridgehead atoms. The molecule has 0 heterocycles. The smallest absolute Gasteiger partial charge is 0.264 e. The van der Waals surface area contributed by atoms with Gasteiger partial charge in [-0.05, 0) is 86.8 Å². The molecular formula is C37H42ClN3O5S. The van der Waals surface area contributed by atoms with Crippen LogP contribution in [0.3, 0.4) is 0 Å². The molecule has 0 spiro atoms. The van der Waals surface area contributed by atoms with E-state index in [0.29, 0.717) is 23.8 Å². The number of nitrogens with one attached hydrogen (secondary N) is 1. The van der Waals surface area contributed by atoms with Crippen LogP contribution in [-0.2, 0) is 32.6 Å². The number of carbonyl (C=O) groups excluding carboxylic acids is 2. The quantitative estimate of drug-likeness (QED) is 0.150. The fourth-order valence-corrected chi connectivity index (χ4v) is 6.68. The molecule has 4 aromatic carbocycles. The van der Waals surface area contributed by atoms with E-state index in [4.69, 9.17) is 16.3 Å². The molecule has 0 unspecified atom stereocenters. The van der Waals surface area contributed by atoms with Gasteiger partial charge in [-0.2, -0.15) is 0 Å². The van der Waals surface area contributed by atoms with Gasteiger partial charge in [-0.3, -0.25) is 13.9 Å². The third-order valence-electron chi connectivity index (χ3n) is 7.82. The summed E-state index contributed by atoms with van der Waals surface area (Å²) < 4.78 is 35.0. The molecule has 248 valence electrons. The Labute approximate surface area is 283 Å². The zero-order valence-electron chi connectivity index (χ0n) is 27.2. The number of rotatable bonds is 15. The van der Waals surface area contributed by atoms with Gasteiger partial charge >= 0.3 is 0 Å². The number of hydrogen-bond acceptors (Lipinski definition) is 5. The van der Waals surface area contributed by atoms with Gasteiger partial charge in [-0.1, -0.05) is 78.7 Å². The molecule has 2 amide bonds. The van der Waals surface area contributed by atoms with Crippen LogP contribution in [0.4, 0.5) is 5.69 Å². The second kappa shape index (κ2) is 16.5. The van der Waals surface area contributed by atoms with E-state index in [2.05, 4.69) is 5.32 Å². The molecule has 4 aromatic rings. The number of sulfonamides is 1. The van der Waals surface area contributed by atoms with E-state index < -0.39 is 28.5 Å². The lowest BCUT2D eigenvalue weighted by Gasteiger charge is -2.34. The molecule has 8 nitrogen and oxygen atoms in total. The molecule has 0 radical (unpaired) electrons. The van der Waals surface area contributed by atoms with Gasteiger partial charge in [0.05, 0.1) is 17.2 Å². The van der Waals surface area contributed by atoms with Crippen molar-refractivity contribution in [1.82, 2.24) is 10.2 Å². The summed E-state index contributed by atoms with van der Waals surface area (Å²) in [4.78, 5) is 30.0. The standard InChI is InChI=1S/C37H42ClN3O5S/c1-5-28(4)39-37(43)35(24-29-12-8-7-9-13-29)40(25-30-14-10-11-27(3)23-30)36(42)26-41(32-17-19-33(20-18-32)46-6-2)47(44,45)34-21-15-31(38)16-22-34/h7-23,28,35H,5-6,24-26H2,1-4H3,(H,39,43)/t28-,35+/m0/s1. The number of hydrogen-bond donors (Lipinski definition) is 1. The van der Waals surface area contributed by atoms with Gasteiger partial charge in [0.15, 0.2) is 0 Å². The van der Waals surface area contributed by atoms with Crippen molar-refractivity contribution in [1.29, 1.82) is 0 Å². The van der Waals surface area contributed by atoms with Gasteiger partial charge < -0.3 is 15.0 Å². The first-order valence-electron chi connectivity index (χ1n) is 15.7. The Morgan fingerprint density at radius 2 is 1.53 bits per heavy atom. The second-order valence-electron chi connectivity index (χ2n) is 11.4. The maximum Gasteiger partial charge on any atom is 0.264 e. The molecule has 47 heavy (non-hydrogen) atoms. The molecule has 4 rings (SSSR count). The monoisotopic (exact) mass is 675 g/mol. The molecule has 1 N–H and O–H groups in total. The Hall–Kier alpha value is -4.34. The molecule has 0 aliphatic rings. The number of aryl methyl sites for hydroxylation is 1. The lowest BCUT2D eigenvalue weighted by Crippen LogP contribution is -2.54. The van der Waals surface area contributed by atoms with Crippen molar-refractivity contribution in [3.8, 4) is 5.75 Å². The van der Waals surface area contributed by atoms with Gasteiger partial charge in [-0.15, -0.1) is 0 Å². The Morgan fingerprint density at radius 1 is 0.872 bits per heavy atom. The van der Waals surface area contributed by atoms with Gasteiger partial charge in [-0.25, -0.2) is 8.42 Å². The number of ether oxygens (including phenoxy) is 1. The zero-order valence-corrected chi connectivity index (χ0v) is 28.8. The Morgan fingerprint density at radius 3 is 2.15 bits per heavy atom. The third kappa shape index (κ3) is 9.59. The van der Waals surface area contributed by atoms with Crippen LogP contribution < -0.4 is 14.4 Å². The van der Waals surface area contributed by atoms with E-state index in [-0.39, 0.29) is 35.5 Å². The van der Waals surface area contributed by atoms with Crippen molar-refractivity contribution in [3.63, 3.8) is 0 Å². The molecule has 0 saturated carbocycles. The predicted octanol–water partition coefficient (Wildman–Crippen LogP) is 6.80. The van der Waals surface area contributed by atoms with Crippen LogP contribution >= 0.6 is 11.6 Å². The molecule has 0 aliphatic carbocycles. The normalized spacial score (nSPS) is 12.5. The molecule has 0 aliphatic heterocycles. The number of carbonyl (C=O) groups is 2. The van der Waals surface area contributed by atoms with E-state index in [9.17, 15) is 18.0 Å². The van der Waals surface area contributed by atoms with E-state index in [1.807, 2.05) is 82.3 Å². The number of benzene rings is 4. The lowest BCUT2D eigenvalue weighted by atomic mass is 10.0. The number of anilines is 1. The summed E-state index contributed by atoms with van der Waals surface area (Å²) in [6, 6.07) is 28.5. The average molecular weight is 676 g/mol. The summed E-state index contributed by atoms with van der Waals surface area (Å²) in [5.74, 6) is -0.271. The van der Waals surface area contributed by atoms with Crippen LogP contribution in [0.15, 0.2) is 108 Å². The lowest BCUT2D eigenvalue weighted by molar-refractivity contribution is -0.140. The maximum atomic E-state index is 14.6. The van der Waals surface area contributed by atoms with Crippen LogP contribution in [0.5, 0.6) is 5.75 Å². The van der Waals surface area contributed by atoms with Crippen LogP contribution in [-0.4, -0.2) is 50.4 Å². The molecule has 0 saturated heterocycles. The number of amides is 2. The summed E-state index contributed by atoms with van der Waals surface area (Å²) >= 11 is 6.08. The minimum absolute atomic E-state index is 0.0239. The summed E-state index contributed by atoms with van der Waals surface area (Å²) in [6.45, 7) is 7.70. The molecule has 2 atom stereocenters. The highest BCUT2D eigenvalue weighted by Crippen LogP contribution is 2.28. The van der Waals surface area contributed by atoms with Crippen molar-refractivity contribution in [3.05, 3.63) is 125 Å². The minimum Gasteiger partial charge on any atom is -0.494 e. The highest BCUT2D eigenvalue weighted by molar-refractivity contribution is 7.92. The van der Waals surface area contributed by atoms with Gasteiger partial charge in [0.25, 0.3) is 10.0 Å². The van der Waals surface area contributed by atoms with Crippen LogP contribution in [0.25, 0.3) is 0 Å². The zero-order chi connectivity index (χ0) is 34.0. The van der Waals surface area contributed by atoms with Gasteiger partial charge in [0.2, 0.25) is 11.8 Å². The minimum atomic E-state index is -4.25. The first-order valence-corrected chi connectivity index (χ1v) is 17.5. The highest BCUT2D eigenvalue weighted by atomic mass is 35.5. The maximum absolute atomic E-state index is 14.6. The summed E-state index contributed by atoms with van der Waals surface area (Å²) in [5, 5.41) is 3.44. The number of nitrogens with zero attached hydrogens (tertiary/aromatic N) is 2. The van der Waals surface area contributed by atoms with Crippen LogP contribution in [0.2, 0.25) is 5.02 Å². The van der Waals surface area contributed by atoms with E-state index in [0.717, 1.165) is 21.0 Å². The largest absolute Gasteiger partial charge is 0.494 e. The summed E-state index contributed by atoms with van der Waals surface area (Å²) in [5.41, 5.74) is 2.97. The fourth-order valence-electron chi connectivity index (χ4n) is 5.14. The topological polar surface area (TPSA) is 96.0 Å². The van der Waals surface area contributed by atoms with E-state index in [1.165, 1.54) is 29.2 Å². The Bertz CT molecular complexity index is 1730. The first-order chi connectivity index (χ1) is 22.5. The first kappa shape index (κ1) is 35.5. The van der Waals surface area contributed by atoms with Crippen molar-refractivity contribution < 1.29 is 22.7 Å². The SMILES string of the molecule is CCOc1ccc(N(CC(=O)N(Cc2cccc(C)c2)[C@H](Cc2ccccc2)C(=O)N[C@@H](C)CC)S(=O)(=O)c2ccc(Cl)cc2)cc1.